The number of aliphatic hydroxyl groups is 2. The Hall–Kier alpha value is -2.17. The number of carbonyl (C=O) groups is 1. The number of amides is 1. The SMILES string of the molecule is O=C(c1ccccc1)N1CCC(C[C@H](O)[C@@H](O)c2ccccc2)CC1. The minimum absolute atomic E-state index is 0.0731. The fraction of sp³-hybridized carbons (Fsp3) is 0.381. The van der Waals surface area contributed by atoms with Gasteiger partial charge in [0.15, 0.2) is 0 Å². The van der Waals surface area contributed by atoms with Crippen molar-refractivity contribution in [1.29, 1.82) is 0 Å². The molecule has 2 aromatic carbocycles. The molecule has 132 valence electrons. The van der Waals surface area contributed by atoms with Crippen molar-refractivity contribution in [3.05, 3.63) is 71.8 Å². The van der Waals surface area contributed by atoms with E-state index in [0.717, 1.165) is 24.0 Å². The van der Waals surface area contributed by atoms with Crippen molar-refractivity contribution < 1.29 is 15.0 Å². The van der Waals surface area contributed by atoms with Crippen molar-refractivity contribution in [2.75, 3.05) is 13.1 Å². The van der Waals surface area contributed by atoms with Gasteiger partial charge in [-0.15, -0.1) is 0 Å². The Morgan fingerprint density at radius 1 is 0.960 bits per heavy atom. The van der Waals surface area contributed by atoms with Crippen LogP contribution in [0.25, 0.3) is 0 Å². The Labute approximate surface area is 148 Å². The van der Waals surface area contributed by atoms with Crippen LogP contribution in [0, 0.1) is 5.92 Å². The molecule has 2 atom stereocenters. The number of benzene rings is 2. The molecule has 1 heterocycles. The van der Waals surface area contributed by atoms with Crippen LogP contribution in [0.2, 0.25) is 0 Å². The third kappa shape index (κ3) is 4.47. The summed E-state index contributed by atoms with van der Waals surface area (Å²) in [6.07, 6.45) is 0.645. The van der Waals surface area contributed by atoms with Gasteiger partial charge < -0.3 is 15.1 Å². The summed E-state index contributed by atoms with van der Waals surface area (Å²) in [5, 5.41) is 20.6. The van der Waals surface area contributed by atoms with Crippen molar-refractivity contribution in [3.63, 3.8) is 0 Å². The van der Waals surface area contributed by atoms with E-state index in [1.54, 1.807) is 0 Å². The normalized spacial score (nSPS) is 17.9. The highest BCUT2D eigenvalue weighted by Gasteiger charge is 2.27. The first kappa shape index (κ1) is 17.6. The Bertz CT molecular complexity index is 666. The van der Waals surface area contributed by atoms with Crippen molar-refractivity contribution in [3.8, 4) is 0 Å². The first-order valence-electron chi connectivity index (χ1n) is 8.90. The molecule has 0 unspecified atom stereocenters. The molecule has 3 rings (SSSR count). The van der Waals surface area contributed by atoms with Gasteiger partial charge in [-0.2, -0.15) is 0 Å². The molecule has 0 saturated carbocycles. The molecule has 0 radical (unpaired) electrons. The molecule has 1 aliphatic rings. The topological polar surface area (TPSA) is 60.8 Å². The van der Waals surface area contributed by atoms with Crippen LogP contribution in [0.3, 0.4) is 0 Å². The number of piperidine rings is 1. The third-order valence-corrected chi connectivity index (χ3v) is 5.00. The molecule has 1 aliphatic heterocycles. The first-order chi connectivity index (χ1) is 12.1. The minimum Gasteiger partial charge on any atom is -0.390 e. The van der Waals surface area contributed by atoms with E-state index in [1.807, 2.05) is 65.6 Å². The van der Waals surface area contributed by atoms with Gasteiger partial charge in [0.05, 0.1) is 6.10 Å². The molecule has 0 aromatic heterocycles. The largest absolute Gasteiger partial charge is 0.390 e. The Morgan fingerprint density at radius 3 is 2.12 bits per heavy atom. The summed E-state index contributed by atoms with van der Waals surface area (Å²) in [5.41, 5.74) is 1.46. The summed E-state index contributed by atoms with van der Waals surface area (Å²) < 4.78 is 0. The number of carbonyl (C=O) groups excluding carboxylic acids is 1. The maximum Gasteiger partial charge on any atom is 0.253 e. The second kappa shape index (κ2) is 8.28. The molecular formula is C21H25NO3. The van der Waals surface area contributed by atoms with E-state index in [-0.39, 0.29) is 5.91 Å². The van der Waals surface area contributed by atoms with Crippen LogP contribution in [0.1, 0.15) is 41.3 Å². The lowest BCUT2D eigenvalue weighted by molar-refractivity contribution is -0.00238. The van der Waals surface area contributed by atoms with Gasteiger partial charge in [-0.05, 0) is 42.9 Å². The van der Waals surface area contributed by atoms with Gasteiger partial charge in [0.25, 0.3) is 5.91 Å². The van der Waals surface area contributed by atoms with E-state index in [0.29, 0.717) is 25.4 Å². The zero-order chi connectivity index (χ0) is 17.6. The third-order valence-electron chi connectivity index (χ3n) is 5.00. The number of likely N-dealkylation sites (tertiary alicyclic amines) is 1. The van der Waals surface area contributed by atoms with Crippen LogP contribution in [0.5, 0.6) is 0 Å². The summed E-state index contributed by atoms with van der Waals surface area (Å²) in [4.78, 5) is 14.3. The standard InChI is InChI=1S/C21H25NO3/c23-19(20(24)17-7-3-1-4-8-17)15-16-11-13-22(14-12-16)21(25)18-9-5-2-6-10-18/h1-10,16,19-20,23-24H,11-15H2/t19-,20-/m0/s1. The Balaban J connectivity index is 1.50. The summed E-state index contributed by atoms with van der Waals surface area (Å²) in [6, 6.07) is 18.6. The number of nitrogens with zero attached hydrogens (tertiary/aromatic N) is 1. The maximum atomic E-state index is 12.5. The number of hydrogen-bond donors (Lipinski definition) is 2. The smallest absolute Gasteiger partial charge is 0.253 e. The summed E-state index contributed by atoms with van der Waals surface area (Å²) >= 11 is 0. The highest BCUT2D eigenvalue weighted by atomic mass is 16.3. The van der Waals surface area contributed by atoms with Crippen molar-refractivity contribution in [2.24, 2.45) is 5.92 Å². The van der Waals surface area contributed by atoms with E-state index >= 15 is 0 Å². The second-order valence-corrected chi connectivity index (χ2v) is 6.76. The summed E-state index contributed by atoms with van der Waals surface area (Å²) in [7, 11) is 0. The lowest BCUT2D eigenvalue weighted by atomic mass is 9.88. The van der Waals surface area contributed by atoms with Gasteiger partial charge in [0, 0.05) is 18.7 Å². The van der Waals surface area contributed by atoms with Crippen LogP contribution >= 0.6 is 0 Å². The summed E-state index contributed by atoms with van der Waals surface area (Å²) in [6.45, 7) is 1.40. The molecule has 4 nitrogen and oxygen atoms in total. The number of hydrogen-bond acceptors (Lipinski definition) is 3. The molecule has 1 amide bonds. The van der Waals surface area contributed by atoms with E-state index in [1.165, 1.54) is 0 Å². The Kier molecular flexibility index (Phi) is 5.84. The van der Waals surface area contributed by atoms with E-state index in [2.05, 4.69) is 0 Å². The van der Waals surface area contributed by atoms with Gasteiger partial charge in [-0.1, -0.05) is 48.5 Å². The lowest BCUT2D eigenvalue weighted by Gasteiger charge is -2.33. The molecule has 1 saturated heterocycles. The van der Waals surface area contributed by atoms with Gasteiger partial charge in [-0.3, -0.25) is 4.79 Å². The van der Waals surface area contributed by atoms with Crippen molar-refractivity contribution in [2.45, 2.75) is 31.5 Å². The monoisotopic (exact) mass is 339 g/mol. The van der Waals surface area contributed by atoms with E-state index in [9.17, 15) is 15.0 Å². The average molecular weight is 339 g/mol. The van der Waals surface area contributed by atoms with E-state index in [4.69, 9.17) is 0 Å². The predicted molar refractivity (Wildman–Crippen MR) is 97.1 cm³/mol. The van der Waals surface area contributed by atoms with Gasteiger partial charge in [0.1, 0.15) is 6.10 Å². The van der Waals surface area contributed by atoms with Gasteiger partial charge in [0.2, 0.25) is 0 Å². The fourth-order valence-corrected chi connectivity index (χ4v) is 3.48. The second-order valence-electron chi connectivity index (χ2n) is 6.76. The minimum atomic E-state index is -0.856. The van der Waals surface area contributed by atoms with Crippen molar-refractivity contribution in [1.82, 2.24) is 4.90 Å². The quantitative estimate of drug-likeness (QED) is 0.880. The molecule has 0 spiro atoms. The number of aliphatic hydroxyl groups excluding tert-OH is 2. The van der Waals surface area contributed by atoms with Crippen LogP contribution in [-0.4, -0.2) is 40.2 Å². The highest BCUT2D eigenvalue weighted by molar-refractivity contribution is 5.94. The van der Waals surface area contributed by atoms with Crippen LogP contribution in [0.15, 0.2) is 60.7 Å². The zero-order valence-electron chi connectivity index (χ0n) is 14.3. The van der Waals surface area contributed by atoms with Gasteiger partial charge in [-0.25, -0.2) is 0 Å². The number of rotatable bonds is 5. The van der Waals surface area contributed by atoms with Crippen LogP contribution < -0.4 is 0 Å². The zero-order valence-corrected chi connectivity index (χ0v) is 14.3. The van der Waals surface area contributed by atoms with Crippen molar-refractivity contribution >= 4 is 5.91 Å². The summed E-state index contributed by atoms with van der Waals surface area (Å²) in [5.74, 6) is 0.400. The molecule has 4 heteroatoms. The fourth-order valence-electron chi connectivity index (χ4n) is 3.48. The highest BCUT2D eigenvalue weighted by Crippen LogP contribution is 2.27. The van der Waals surface area contributed by atoms with Crippen LogP contribution in [-0.2, 0) is 0 Å². The molecular weight excluding hydrogens is 314 g/mol. The molecule has 0 bridgehead atoms. The molecule has 0 aliphatic carbocycles. The predicted octanol–water partition coefficient (Wildman–Crippen LogP) is 3.02. The average Bonchev–Trinajstić information content (AvgIpc) is 2.68. The lowest BCUT2D eigenvalue weighted by Crippen LogP contribution is -2.39. The maximum absolute atomic E-state index is 12.5. The first-order valence-corrected chi connectivity index (χ1v) is 8.90. The van der Waals surface area contributed by atoms with Gasteiger partial charge >= 0.3 is 0 Å². The Morgan fingerprint density at radius 2 is 1.52 bits per heavy atom. The van der Waals surface area contributed by atoms with E-state index < -0.39 is 12.2 Å². The molecule has 1 fully saturated rings. The molecule has 2 aromatic rings. The van der Waals surface area contributed by atoms with Crippen LogP contribution in [0.4, 0.5) is 0 Å². The molecule has 25 heavy (non-hydrogen) atoms. The molecule has 2 N–H and O–H groups in total.